The van der Waals surface area contributed by atoms with Gasteiger partial charge in [0.05, 0.1) is 11.0 Å². The van der Waals surface area contributed by atoms with Gasteiger partial charge < -0.3 is 9.47 Å². The van der Waals surface area contributed by atoms with E-state index in [9.17, 15) is 0 Å². The molecule has 0 N–H and O–H groups in total. The van der Waals surface area contributed by atoms with Crippen LogP contribution in [-0.2, 0) is 0 Å². The van der Waals surface area contributed by atoms with E-state index in [0.717, 1.165) is 17.1 Å². The van der Waals surface area contributed by atoms with Crippen molar-refractivity contribution in [2.24, 2.45) is 0 Å². The molecule has 0 aliphatic carbocycles. The van der Waals surface area contributed by atoms with Crippen molar-refractivity contribution in [1.82, 2.24) is 4.57 Å². The average Bonchev–Trinajstić information content (AvgIpc) is 3.82. The molecule has 0 aliphatic rings. The van der Waals surface area contributed by atoms with Crippen molar-refractivity contribution < 1.29 is 0 Å². The van der Waals surface area contributed by atoms with Crippen LogP contribution in [0, 0.1) is 0 Å². The molecule has 3 heteroatoms. The number of hydrogen-bond donors (Lipinski definition) is 0. The Morgan fingerprint density at radius 3 is 1.74 bits per heavy atom. The molecule has 12 rings (SSSR count). The van der Waals surface area contributed by atoms with Crippen LogP contribution in [0.3, 0.4) is 0 Å². The number of anilines is 3. The summed E-state index contributed by atoms with van der Waals surface area (Å²) < 4.78 is 5.07. The molecule has 0 aliphatic heterocycles. The van der Waals surface area contributed by atoms with Crippen molar-refractivity contribution in [2.75, 3.05) is 4.90 Å². The standard InChI is InChI=1S/C54H34N2S/c1-2-10-35(11-3-1)36-18-23-39(24-19-36)55(40-25-20-38-22-28-44-43-13-5-4-12-37(43)21-29-45(44)50(38)32-40)41-26-30-47-46-14-6-8-16-51(46)56(52(47)33-41)42-27-31-49-48-15-7-9-17-53(48)57-54(49)34-42/h1-34H. The number of para-hydroxylation sites is 1. The lowest BCUT2D eigenvalue weighted by Gasteiger charge is -2.26. The van der Waals surface area contributed by atoms with Gasteiger partial charge in [-0.05, 0) is 104 Å². The van der Waals surface area contributed by atoms with Gasteiger partial charge in [0.1, 0.15) is 0 Å². The van der Waals surface area contributed by atoms with Gasteiger partial charge in [0.2, 0.25) is 0 Å². The van der Waals surface area contributed by atoms with Crippen molar-refractivity contribution in [1.29, 1.82) is 0 Å². The summed E-state index contributed by atoms with van der Waals surface area (Å²) in [5.74, 6) is 0. The lowest BCUT2D eigenvalue weighted by Crippen LogP contribution is -2.10. The smallest absolute Gasteiger partial charge is 0.0561 e. The molecular weight excluding hydrogens is 709 g/mol. The molecule has 10 aromatic carbocycles. The zero-order valence-corrected chi connectivity index (χ0v) is 31.7. The molecular formula is C54H34N2S. The second-order valence-electron chi connectivity index (χ2n) is 14.9. The quantitative estimate of drug-likeness (QED) is 0.159. The van der Waals surface area contributed by atoms with E-state index in [1.807, 2.05) is 11.3 Å². The Hall–Kier alpha value is -7.20. The van der Waals surface area contributed by atoms with E-state index in [-0.39, 0.29) is 0 Å². The Bertz CT molecular complexity index is 3520. The first-order valence-electron chi connectivity index (χ1n) is 19.5. The van der Waals surface area contributed by atoms with E-state index in [1.165, 1.54) is 91.1 Å². The summed E-state index contributed by atoms with van der Waals surface area (Å²) in [4.78, 5) is 2.42. The van der Waals surface area contributed by atoms with Gasteiger partial charge in [-0.25, -0.2) is 0 Å². The van der Waals surface area contributed by atoms with Crippen molar-refractivity contribution in [3.63, 3.8) is 0 Å². The number of aromatic nitrogens is 1. The van der Waals surface area contributed by atoms with Crippen molar-refractivity contribution >= 4 is 103 Å². The van der Waals surface area contributed by atoms with Crippen molar-refractivity contribution in [3.05, 3.63) is 206 Å². The van der Waals surface area contributed by atoms with Gasteiger partial charge in [0, 0.05) is 53.7 Å². The van der Waals surface area contributed by atoms with Gasteiger partial charge in [-0.1, -0.05) is 146 Å². The van der Waals surface area contributed by atoms with E-state index >= 15 is 0 Å². The third-order valence-corrected chi connectivity index (χ3v) is 12.9. The molecule has 0 bridgehead atoms. The number of hydrogen-bond acceptors (Lipinski definition) is 2. The van der Waals surface area contributed by atoms with Crippen molar-refractivity contribution in [2.45, 2.75) is 0 Å². The normalized spacial score (nSPS) is 11.9. The molecule has 266 valence electrons. The van der Waals surface area contributed by atoms with Gasteiger partial charge in [-0.3, -0.25) is 0 Å². The topological polar surface area (TPSA) is 8.17 Å². The number of nitrogens with zero attached hydrogens (tertiary/aromatic N) is 2. The first-order chi connectivity index (χ1) is 28.2. The molecule has 2 nitrogen and oxygen atoms in total. The van der Waals surface area contributed by atoms with Crippen LogP contribution in [0.15, 0.2) is 206 Å². The second-order valence-corrected chi connectivity index (χ2v) is 16.0. The van der Waals surface area contributed by atoms with Crippen LogP contribution in [0.4, 0.5) is 17.1 Å². The monoisotopic (exact) mass is 742 g/mol. The summed E-state index contributed by atoms with van der Waals surface area (Å²) in [6.45, 7) is 0. The Labute approximate surface area is 333 Å². The highest BCUT2D eigenvalue weighted by molar-refractivity contribution is 7.25. The van der Waals surface area contributed by atoms with E-state index in [0.29, 0.717) is 0 Å². The average molecular weight is 743 g/mol. The summed E-state index contributed by atoms with van der Waals surface area (Å²) >= 11 is 1.87. The highest BCUT2D eigenvalue weighted by atomic mass is 32.1. The van der Waals surface area contributed by atoms with Crippen LogP contribution < -0.4 is 4.90 Å². The Kier molecular flexibility index (Phi) is 7.13. The number of rotatable bonds is 5. The molecule has 0 radical (unpaired) electrons. The molecule has 2 heterocycles. The minimum Gasteiger partial charge on any atom is -0.310 e. The molecule has 0 atom stereocenters. The minimum absolute atomic E-state index is 1.10. The van der Waals surface area contributed by atoms with E-state index in [1.54, 1.807) is 0 Å². The largest absolute Gasteiger partial charge is 0.310 e. The van der Waals surface area contributed by atoms with E-state index < -0.39 is 0 Å². The van der Waals surface area contributed by atoms with Gasteiger partial charge in [0.15, 0.2) is 0 Å². The van der Waals surface area contributed by atoms with E-state index in [4.69, 9.17) is 0 Å². The van der Waals surface area contributed by atoms with Crippen LogP contribution in [0.25, 0.3) is 91.1 Å². The molecule has 0 saturated heterocycles. The second kappa shape index (κ2) is 12.7. The fraction of sp³-hybridized carbons (Fsp3) is 0. The summed E-state index contributed by atoms with van der Waals surface area (Å²) in [6, 6.07) is 75.9. The Morgan fingerprint density at radius 2 is 0.877 bits per heavy atom. The lowest BCUT2D eigenvalue weighted by molar-refractivity contribution is 1.18. The molecule has 57 heavy (non-hydrogen) atoms. The fourth-order valence-electron chi connectivity index (χ4n) is 9.06. The molecule has 0 saturated carbocycles. The number of benzene rings is 10. The minimum atomic E-state index is 1.10. The van der Waals surface area contributed by atoms with Crippen LogP contribution in [0.5, 0.6) is 0 Å². The maximum Gasteiger partial charge on any atom is 0.0561 e. The lowest BCUT2D eigenvalue weighted by atomic mass is 9.96. The highest BCUT2D eigenvalue weighted by Crippen LogP contribution is 2.43. The van der Waals surface area contributed by atoms with Gasteiger partial charge >= 0.3 is 0 Å². The summed E-state index contributed by atoms with van der Waals surface area (Å²) in [7, 11) is 0. The van der Waals surface area contributed by atoms with Crippen LogP contribution >= 0.6 is 11.3 Å². The van der Waals surface area contributed by atoms with Crippen LogP contribution in [0.1, 0.15) is 0 Å². The molecule has 0 spiro atoms. The first-order valence-corrected chi connectivity index (χ1v) is 20.3. The number of thiophene rings is 1. The SMILES string of the molecule is c1ccc(-c2ccc(N(c3ccc4ccc5c6ccccc6ccc5c4c3)c3ccc4c5ccccc5n(-c5ccc6c(c5)sc5ccccc56)c4c3)cc2)cc1. The maximum atomic E-state index is 2.45. The molecule has 0 amide bonds. The maximum absolute atomic E-state index is 2.45. The summed E-state index contributed by atoms with van der Waals surface area (Å²) in [5, 5.41) is 12.7. The zero-order chi connectivity index (χ0) is 37.5. The van der Waals surface area contributed by atoms with Gasteiger partial charge in [0.25, 0.3) is 0 Å². The predicted molar refractivity (Wildman–Crippen MR) is 246 cm³/mol. The molecule has 0 unspecified atom stereocenters. The molecule has 2 aromatic heterocycles. The predicted octanol–water partition coefficient (Wildman–Crippen LogP) is 15.7. The first kappa shape index (κ1) is 32.1. The van der Waals surface area contributed by atoms with Crippen LogP contribution in [-0.4, -0.2) is 4.57 Å². The third kappa shape index (κ3) is 5.10. The Morgan fingerprint density at radius 1 is 0.316 bits per heavy atom. The van der Waals surface area contributed by atoms with Gasteiger partial charge in [-0.15, -0.1) is 11.3 Å². The van der Waals surface area contributed by atoms with Crippen molar-refractivity contribution in [3.8, 4) is 16.8 Å². The van der Waals surface area contributed by atoms with Gasteiger partial charge in [-0.2, -0.15) is 0 Å². The number of fused-ring (bicyclic) bond motifs is 11. The molecule has 12 aromatic rings. The fourth-order valence-corrected chi connectivity index (χ4v) is 10.2. The van der Waals surface area contributed by atoms with E-state index in [2.05, 4.69) is 216 Å². The summed E-state index contributed by atoms with van der Waals surface area (Å²) in [6.07, 6.45) is 0. The summed E-state index contributed by atoms with van der Waals surface area (Å²) in [5.41, 5.74) is 9.28. The zero-order valence-electron chi connectivity index (χ0n) is 30.9. The molecule has 0 fully saturated rings. The third-order valence-electron chi connectivity index (χ3n) is 11.8. The Balaban J connectivity index is 1.09. The van der Waals surface area contributed by atoms with Crippen LogP contribution in [0.2, 0.25) is 0 Å². The highest BCUT2D eigenvalue weighted by Gasteiger charge is 2.19.